The molecule has 8 nitrogen and oxygen atoms in total. The standard InChI is InChI=1S/C27H19F5N6O2/c28-20-8-5-16(10-21(20)29)13-36-25(39)19-11-17(27(30,31)32)14-35-23(19)34-12-15-3-6-18(7-4-15)38-22-2-1-9-33-24(22)37-26(38)40/h1-11,14H,12-13H2,(H,34,35)(H,36,39)(H,33,37,40). The minimum atomic E-state index is -4.74. The van der Waals surface area contributed by atoms with Gasteiger partial charge < -0.3 is 10.6 Å². The first-order valence-electron chi connectivity index (χ1n) is 11.8. The van der Waals surface area contributed by atoms with Crippen LogP contribution in [0, 0.1) is 11.6 Å². The van der Waals surface area contributed by atoms with Crippen LogP contribution >= 0.6 is 0 Å². The first-order valence-corrected chi connectivity index (χ1v) is 11.8. The summed E-state index contributed by atoms with van der Waals surface area (Å²) in [4.78, 5) is 35.8. The molecule has 0 fully saturated rings. The summed E-state index contributed by atoms with van der Waals surface area (Å²) in [5.41, 5.74) is 0.612. The van der Waals surface area contributed by atoms with Gasteiger partial charge >= 0.3 is 11.9 Å². The number of aromatic nitrogens is 4. The summed E-state index contributed by atoms with van der Waals surface area (Å²) in [6.07, 6.45) is -2.58. The third-order valence-corrected chi connectivity index (χ3v) is 6.01. The second-order valence-corrected chi connectivity index (χ2v) is 8.71. The Morgan fingerprint density at radius 1 is 0.925 bits per heavy atom. The number of H-pyrrole nitrogens is 1. The molecule has 0 bridgehead atoms. The van der Waals surface area contributed by atoms with E-state index in [2.05, 4.69) is 25.6 Å². The van der Waals surface area contributed by atoms with E-state index in [1.807, 2.05) is 0 Å². The molecule has 5 aromatic rings. The molecule has 1 amide bonds. The Morgan fingerprint density at radius 2 is 1.68 bits per heavy atom. The van der Waals surface area contributed by atoms with Crippen molar-refractivity contribution in [2.75, 3.05) is 5.32 Å². The quantitative estimate of drug-likeness (QED) is 0.247. The van der Waals surface area contributed by atoms with Gasteiger partial charge in [-0.1, -0.05) is 18.2 Å². The van der Waals surface area contributed by atoms with Crippen LogP contribution in [0.3, 0.4) is 0 Å². The third-order valence-electron chi connectivity index (χ3n) is 6.01. The number of hydrogen-bond donors (Lipinski definition) is 3. The number of rotatable bonds is 7. The fourth-order valence-corrected chi connectivity index (χ4v) is 4.01. The zero-order valence-electron chi connectivity index (χ0n) is 20.4. The van der Waals surface area contributed by atoms with Crippen LogP contribution in [0.5, 0.6) is 0 Å². The summed E-state index contributed by atoms with van der Waals surface area (Å²) in [7, 11) is 0. The highest BCUT2D eigenvalue weighted by Gasteiger charge is 2.32. The van der Waals surface area contributed by atoms with E-state index in [1.165, 1.54) is 10.6 Å². The number of aromatic amines is 1. The smallest absolute Gasteiger partial charge is 0.365 e. The lowest BCUT2D eigenvalue weighted by molar-refractivity contribution is -0.137. The summed E-state index contributed by atoms with van der Waals surface area (Å²) in [5, 5.41) is 5.27. The van der Waals surface area contributed by atoms with Gasteiger partial charge in [-0.15, -0.1) is 0 Å². The predicted molar refractivity (Wildman–Crippen MR) is 136 cm³/mol. The van der Waals surface area contributed by atoms with E-state index < -0.39 is 29.3 Å². The second-order valence-electron chi connectivity index (χ2n) is 8.71. The number of carbonyl (C=O) groups excluding carboxylic acids is 1. The summed E-state index contributed by atoms with van der Waals surface area (Å²) in [6, 6.07) is 13.9. The van der Waals surface area contributed by atoms with Gasteiger partial charge in [-0.3, -0.25) is 14.3 Å². The predicted octanol–water partition coefficient (Wildman–Crippen LogP) is 4.95. The summed E-state index contributed by atoms with van der Waals surface area (Å²) in [6.45, 7) is -0.164. The lowest BCUT2D eigenvalue weighted by Crippen LogP contribution is -2.25. The van der Waals surface area contributed by atoms with Crippen LogP contribution in [0.1, 0.15) is 27.0 Å². The Hall–Kier alpha value is -5.07. The number of anilines is 1. The molecule has 5 rings (SSSR count). The number of carbonyl (C=O) groups is 1. The number of halogens is 5. The molecule has 0 radical (unpaired) electrons. The van der Waals surface area contributed by atoms with E-state index >= 15 is 0 Å². The Labute approximate surface area is 222 Å². The number of alkyl halides is 3. The molecule has 0 aliphatic heterocycles. The first kappa shape index (κ1) is 26.5. The number of imidazole rings is 1. The maximum absolute atomic E-state index is 13.5. The number of amides is 1. The Bertz CT molecular complexity index is 1760. The van der Waals surface area contributed by atoms with Crippen molar-refractivity contribution in [3.8, 4) is 5.69 Å². The zero-order valence-corrected chi connectivity index (χ0v) is 20.4. The van der Waals surface area contributed by atoms with Gasteiger partial charge in [-0.25, -0.2) is 23.5 Å². The lowest BCUT2D eigenvalue weighted by atomic mass is 10.1. The minimum Gasteiger partial charge on any atom is -0.365 e. The van der Waals surface area contributed by atoms with Crippen molar-refractivity contribution in [3.63, 3.8) is 0 Å². The molecule has 204 valence electrons. The van der Waals surface area contributed by atoms with Crippen LogP contribution in [0.25, 0.3) is 16.9 Å². The van der Waals surface area contributed by atoms with Crippen molar-refractivity contribution in [2.45, 2.75) is 19.3 Å². The van der Waals surface area contributed by atoms with E-state index in [0.717, 1.165) is 12.1 Å². The third kappa shape index (κ3) is 5.53. The van der Waals surface area contributed by atoms with E-state index in [1.54, 1.807) is 42.6 Å². The molecule has 0 aliphatic rings. The minimum absolute atomic E-state index is 0.0897. The first-order chi connectivity index (χ1) is 19.1. The van der Waals surface area contributed by atoms with Crippen molar-refractivity contribution in [1.82, 2.24) is 24.8 Å². The molecule has 3 N–H and O–H groups in total. The number of benzene rings is 2. The molecule has 0 spiro atoms. The molecule has 13 heteroatoms. The highest BCUT2D eigenvalue weighted by atomic mass is 19.4. The van der Waals surface area contributed by atoms with E-state index in [4.69, 9.17) is 0 Å². The number of nitrogens with zero attached hydrogens (tertiary/aromatic N) is 3. The van der Waals surface area contributed by atoms with Crippen LogP contribution in [-0.2, 0) is 19.3 Å². The van der Waals surface area contributed by atoms with E-state index in [0.29, 0.717) is 34.7 Å². The summed E-state index contributed by atoms with van der Waals surface area (Å²) < 4.78 is 68.1. The topological polar surface area (TPSA) is 105 Å². The highest BCUT2D eigenvalue weighted by molar-refractivity contribution is 5.98. The normalized spacial score (nSPS) is 11.5. The van der Waals surface area contributed by atoms with Gasteiger partial charge in [-0.05, 0) is 53.6 Å². The number of nitrogens with one attached hydrogen (secondary N) is 3. The average Bonchev–Trinajstić information content (AvgIpc) is 3.27. The maximum Gasteiger partial charge on any atom is 0.417 e. The van der Waals surface area contributed by atoms with Crippen molar-refractivity contribution in [1.29, 1.82) is 0 Å². The average molecular weight is 554 g/mol. The molecule has 2 aromatic carbocycles. The maximum atomic E-state index is 13.5. The van der Waals surface area contributed by atoms with Crippen LogP contribution in [0.4, 0.5) is 27.8 Å². The monoisotopic (exact) mass is 554 g/mol. The van der Waals surface area contributed by atoms with E-state index in [-0.39, 0.29) is 35.7 Å². The van der Waals surface area contributed by atoms with Gasteiger partial charge in [-0.2, -0.15) is 13.2 Å². The van der Waals surface area contributed by atoms with E-state index in [9.17, 15) is 31.5 Å². The second kappa shape index (κ2) is 10.6. The molecule has 3 aromatic heterocycles. The molecule has 0 unspecified atom stereocenters. The molecule has 40 heavy (non-hydrogen) atoms. The highest BCUT2D eigenvalue weighted by Crippen LogP contribution is 2.31. The van der Waals surface area contributed by atoms with Crippen molar-refractivity contribution in [2.24, 2.45) is 0 Å². The van der Waals surface area contributed by atoms with Crippen LogP contribution in [0.2, 0.25) is 0 Å². The Kier molecular flexibility index (Phi) is 7.03. The molecular formula is C27H19F5N6O2. The molecule has 0 saturated heterocycles. The van der Waals surface area contributed by atoms with Crippen molar-refractivity contribution < 1.29 is 26.7 Å². The van der Waals surface area contributed by atoms with Gasteiger partial charge in [0.2, 0.25) is 0 Å². The largest absolute Gasteiger partial charge is 0.417 e. The SMILES string of the molecule is O=C(NCc1ccc(F)c(F)c1)c1cc(C(F)(F)F)cnc1NCc1ccc(-n2c(=O)[nH]c3ncccc32)cc1. The molecule has 0 atom stereocenters. The van der Waals surface area contributed by atoms with Crippen LogP contribution in [-0.4, -0.2) is 25.4 Å². The Balaban J connectivity index is 1.34. The molecule has 0 aliphatic carbocycles. The van der Waals surface area contributed by atoms with Gasteiger partial charge in [0, 0.05) is 25.5 Å². The fraction of sp³-hybridized carbons (Fsp3) is 0.111. The molecule has 0 saturated carbocycles. The van der Waals surface area contributed by atoms with Gasteiger partial charge in [0.15, 0.2) is 17.3 Å². The van der Waals surface area contributed by atoms with Crippen molar-refractivity contribution >= 4 is 22.9 Å². The summed E-state index contributed by atoms with van der Waals surface area (Å²) >= 11 is 0. The van der Waals surface area contributed by atoms with Gasteiger partial charge in [0.1, 0.15) is 5.82 Å². The number of pyridine rings is 2. The molecule has 3 heterocycles. The number of fused-ring (bicyclic) bond motifs is 1. The van der Waals surface area contributed by atoms with Crippen LogP contribution in [0.15, 0.2) is 77.9 Å². The van der Waals surface area contributed by atoms with Gasteiger partial charge in [0.05, 0.1) is 22.3 Å². The summed E-state index contributed by atoms with van der Waals surface area (Å²) in [5.74, 6) is -3.19. The van der Waals surface area contributed by atoms with Crippen LogP contribution < -0.4 is 16.3 Å². The Morgan fingerprint density at radius 3 is 2.40 bits per heavy atom. The molecular weight excluding hydrogens is 535 g/mol. The lowest BCUT2D eigenvalue weighted by Gasteiger charge is -2.15. The zero-order chi connectivity index (χ0) is 28.4. The fourth-order valence-electron chi connectivity index (χ4n) is 4.01. The van der Waals surface area contributed by atoms with Gasteiger partial charge in [0.25, 0.3) is 5.91 Å². The van der Waals surface area contributed by atoms with Crippen molar-refractivity contribution in [3.05, 3.63) is 117 Å². The number of hydrogen-bond acceptors (Lipinski definition) is 5.